The first-order valence-electron chi connectivity index (χ1n) is 8.25. The molecule has 0 unspecified atom stereocenters. The quantitative estimate of drug-likeness (QED) is 0.656. The second-order valence-corrected chi connectivity index (χ2v) is 7.47. The molecule has 3 rings (SSSR count). The summed E-state index contributed by atoms with van der Waals surface area (Å²) in [6.45, 7) is 6.46. The molecule has 124 valence electrons. The number of anilines is 1. The fourth-order valence-electron chi connectivity index (χ4n) is 3.69. The molecule has 2 saturated heterocycles. The summed E-state index contributed by atoms with van der Waals surface area (Å²) in [5, 5.41) is 2.92. The van der Waals surface area contributed by atoms with Gasteiger partial charge in [-0.25, -0.2) is 0 Å². The molecule has 1 aromatic carbocycles. The standard InChI is InChI=1S/C18H25N3O2/c1-11-18(2,3)10-14-16(17(23)21(11)14)20-15(22)9-6-12-4-7-13(19)8-5-12/h4-5,7-8,11,14,16H,6,9-10,19H2,1-3H3,(H,20,22)/t11-,14+,16-/m0/s1. The van der Waals surface area contributed by atoms with Gasteiger partial charge in [-0.15, -0.1) is 0 Å². The smallest absolute Gasteiger partial charge is 0.247 e. The maximum atomic E-state index is 12.3. The molecule has 2 amide bonds. The second-order valence-electron chi connectivity index (χ2n) is 7.47. The van der Waals surface area contributed by atoms with Gasteiger partial charge in [-0.05, 0) is 42.9 Å². The third kappa shape index (κ3) is 2.80. The molecule has 2 aliphatic heterocycles. The third-order valence-electron chi connectivity index (χ3n) is 5.48. The number of amides is 2. The van der Waals surface area contributed by atoms with Crippen molar-refractivity contribution < 1.29 is 9.59 Å². The lowest BCUT2D eigenvalue weighted by atomic mass is 9.84. The van der Waals surface area contributed by atoms with Crippen LogP contribution in [0.4, 0.5) is 5.69 Å². The predicted molar refractivity (Wildman–Crippen MR) is 89.6 cm³/mol. The molecule has 3 N–H and O–H groups in total. The van der Waals surface area contributed by atoms with E-state index in [0.29, 0.717) is 12.8 Å². The maximum absolute atomic E-state index is 12.3. The van der Waals surface area contributed by atoms with Crippen LogP contribution >= 0.6 is 0 Å². The topological polar surface area (TPSA) is 75.4 Å². The number of rotatable bonds is 4. The Labute approximate surface area is 137 Å². The Morgan fingerprint density at radius 3 is 2.65 bits per heavy atom. The van der Waals surface area contributed by atoms with E-state index in [-0.39, 0.29) is 35.4 Å². The van der Waals surface area contributed by atoms with Crippen molar-refractivity contribution in [3.05, 3.63) is 29.8 Å². The van der Waals surface area contributed by atoms with Gasteiger partial charge in [0.25, 0.3) is 0 Å². The Kier molecular flexibility index (Phi) is 3.82. The van der Waals surface area contributed by atoms with Crippen LogP contribution in [0.2, 0.25) is 0 Å². The molecule has 0 spiro atoms. The first kappa shape index (κ1) is 15.8. The molecule has 0 bridgehead atoms. The summed E-state index contributed by atoms with van der Waals surface area (Å²) in [5.74, 6) is 0.00564. The van der Waals surface area contributed by atoms with Crippen molar-refractivity contribution >= 4 is 17.5 Å². The highest BCUT2D eigenvalue weighted by Crippen LogP contribution is 2.46. The van der Waals surface area contributed by atoms with Crippen molar-refractivity contribution in [2.24, 2.45) is 5.41 Å². The normalized spacial score (nSPS) is 28.2. The van der Waals surface area contributed by atoms with Crippen molar-refractivity contribution in [3.8, 4) is 0 Å². The van der Waals surface area contributed by atoms with E-state index in [1.165, 1.54) is 0 Å². The minimum atomic E-state index is -0.335. The minimum absolute atomic E-state index is 0.0582. The molecule has 2 fully saturated rings. The van der Waals surface area contributed by atoms with Gasteiger partial charge in [0.05, 0.1) is 6.04 Å². The molecule has 1 aromatic rings. The van der Waals surface area contributed by atoms with E-state index >= 15 is 0 Å². The monoisotopic (exact) mass is 315 g/mol. The summed E-state index contributed by atoms with van der Waals surface area (Å²) in [6, 6.07) is 7.60. The van der Waals surface area contributed by atoms with Gasteiger partial charge in [-0.3, -0.25) is 9.59 Å². The number of nitrogens with two attached hydrogens (primary N) is 1. The average molecular weight is 315 g/mol. The molecule has 0 radical (unpaired) electrons. The van der Waals surface area contributed by atoms with E-state index < -0.39 is 0 Å². The van der Waals surface area contributed by atoms with Gasteiger partial charge in [0.2, 0.25) is 11.8 Å². The number of nitrogen functional groups attached to an aromatic ring is 1. The van der Waals surface area contributed by atoms with Crippen LogP contribution < -0.4 is 11.1 Å². The number of carbonyl (C=O) groups excluding carboxylic acids is 2. The molecule has 0 saturated carbocycles. The van der Waals surface area contributed by atoms with Crippen LogP contribution in [-0.2, 0) is 16.0 Å². The molecule has 2 aliphatic rings. The zero-order chi connectivity index (χ0) is 16.8. The highest BCUT2D eigenvalue weighted by Gasteiger charge is 2.59. The highest BCUT2D eigenvalue weighted by atomic mass is 16.2. The molecule has 2 heterocycles. The van der Waals surface area contributed by atoms with E-state index in [9.17, 15) is 9.59 Å². The lowest BCUT2D eigenvalue weighted by molar-refractivity contribution is -0.153. The van der Waals surface area contributed by atoms with Gasteiger partial charge in [-0.2, -0.15) is 0 Å². The summed E-state index contributed by atoms with van der Waals surface area (Å²) in [6.07, 6.45) is 1.99. The van der Waals surface area contributed by atoms with Crippen LogP contribution in [0.3, 0.4) is 0 Å². The molecule has 5 nitrogen and oxygen atoms in total. The molecular weight excluding hydrogens is 290 g/mol. The summed E-state index contributed by atoms with van der Waals surface area (Å²) >= 11 is 0. The van der Waals surface area contributed by atoms with Crippen LogP contribution in [0.1, 0.15) is 39.2 Å². The molecule has 0 aromatic heterocycles. The maximum Gasteiger partial charge on any atom is 0.247 e. The van der Waals surface area contributed by atoms with Crippen LogP contribution in [0, 0.1) is 5.41 Å². The summed E-state index contributed by atoms with van der Waals surface area (Å²) in [7, 11) is 0. The zero-order valence-corrected chi connectivity index (χ0v) is 14.0. The van der Waals surface area contributed by atoms with Crippen LogP contribution in [0.5, 0.6) is 0 Å². The van der Waals surface area contributed by atoms with Gasteiger partial charge in [0, 0.05) is 18.2 Å². The third-order valence-corrected chi connectivity index (χ3v) is 5.48. The van der Waals surface area contributed by atoms with Crippen molar-refractivity contribution in [1.29, 1.82) is 0 Å². The predicted octanol–water partition coefficient (Wildman–Crippen LogP) is 1.72. The lowest BCUT2D eigenvalue weighted by Crippen LogP contribution is -2.69. The summed E-state index contributed by atoms with van der Waals surface area (Å²) in [5.41, 5.74) is 7.56. The Bertz CT molecular complexity index is 624. The van der Waals surface area contributed by atoms with E-state index in [2.05, 4.69) is 26.1 Å². The van der Waals surface area contributed by atoms with E-state index in [4.69, 9.17) is 5.73 Å². The second kappa shape index (κ2) is 5.55. The Hall–Kier alpha value is -2.04. The van der Waals surface area contributed by atoms with E-state index in [1.54, 1.807) is 0 Å². The number of aryl methyl sites for hydroxylation is 1. The van der Waals surface area contributed by atoms with Crippen LogP contribution in [0.15, 0.2) is 24.3 Å². The molecule has 0 aliphatic carbocycles. The van der Waals surface area contributed by atoms with Gasteiger partial charge < -0.3 is 16.0 Å². The summed E-state index contributed by atoms with van der Waals surface area (Å²) < 4.78 is 0. The lowest BCUT2D eigenvalue weighted by Gasteiger charge is -2.45. The van der Waals surface area contributed by atoms with Crippen molar-refractivity contribution in [3.63, 3.8) is 0 Å². The highest BCUT2D eigenvalue weighted by molar-refractivity contribution is 5.94. The summed E-state index contributed by atoms with van der Waals surface area (Å²) in [4.78, 5) is 26.4. The SMILES string of the molecule is C[C@@H]1N2C(=O)[C@@H](NC(=O)CCc3ccc(N)cc3)[C@H]2CC1(C)C. The number of nitrogens with one attached hydrogen (secondary N) is 1. The van der Waals surface area contributed by atoms with E-state index in [0.717, 1.165) is 17.7 Å². The number of hydrogen-bond donors (Lipinski definition) is 2. The van der Waals surface area contributed by atoms with Crippen molar-refractivity contribution in [1.82, 2.24) is 10.2 Å². The first-order valence-corrected chi connectivity index (χ1v) is 8.25. The average Bonchev–Trinajstić information content (AvgIpc) is 2.72. The fraction of sp³-hybridized carbons (Fsp3) is 0.556. The van der Waals surface area contributed by atoms with E-state index in [1.807, 2.05) is 29.2 Å². The largest absolute Gasteiger partial charge is 0.399 e. The van der Waals surface area contributed by atoms with Crippen LogP contribution in [0.25, 0.3) is 0 Å². The van der Waals surface area contributed by atoms with Gasteiger partial charge in [0.15, 0.2) is 0 Å². The van der Waals surface area contributed by atoms with Gasteiger partial charge in [0.1, 0.15) is 6.04 Å². The molecule has 3 atom stereocenters. The number of hydrogen-bond acceptors (Lipinski definition) is 3. The van der Waals surface area contributed by atoms with Crippen LogP contribution in [-0.4, -0.2) is 34.8 Å². The molecule has 5 heteroatoms. The first-order chi connectivity index (χ1) is 10.8. The minimum Gasteiger partial charge on any atom is -0.399 e. The Morgan fingerprint density at radius 1 is 1.35 bits per heavy atom. The number of carbonyl (C=O) groups is 2. The number of nitrogens with zero attached hydrogens (tertiary/aromatic N) is 1. The fourth-order valence-corrected chi connectivity index (χ4v) is 3.69. The number of fused-ring (bicyclic) bond motifs is 1. The van der Waals surface area contributed by atoms with Crippen molar-refractivity contribution in [2.45, 2.75) is 58.2 Å². The van der Waals surface area contributed by atoms with Gasteiger partial charge >= 0.3 is 0 Å². The zero-order valence-electron chi connectivity index (χ0n) is 14.0. The Morgan fingerprint density at radius 2 is 2.00 bits per heavy atom. The van der Waals surface area contributed by atoms with Crippen molar-refractivity contribution in [2.75, 3.05) is 5.73 Å². The number of β-lactam (4-membered cyclic amide) rings is 1. The Balaban J connectivity index is 1.53. The van der Waals surface area contributed by atoms with Gasteiger partial charge in [-0.1, -0.05) is 26.0 Å². The number of benzene rings is 1. The molecule has 23 heavy (non-hydrogen) atoms. The molecular formula is C18H25N3O2.